The van der Waals surface area contributed by atoms with Crippen molar-refractivity contribution in [2.24, 2.45) is 0 Å². The van der Waals surface area contributed by atoms with Crippen molar-refractivity contribution in [1.82, 2.24) is 14.1 Å². The predicted molar refractivity (Wildman–Crippen MR) is 112 cm³/mol. The van der Waals surface area contributed by atoms with E-state index in [4.69, 9.17) is 21.1 Å². The maximum atomic E-state index is 14.4. The topological polar surface area (TPSA) is 75.4 Å². The van der Waals surface area contributed by atoms with Gasteiger partial charge in [0, 0.05) is 16.8 Å². The van der Waals surface area contributed by atoms with E-state index in [9.17, 15) is 14.0 Å². The number of hydrogen-bond acceptors (Lipinski definition) is 5. The van der Waals surface area contributed by atoms with Gasteiger partial charge < -0.3 is 9.47 Å². The maximum absolute atomic E-state index is 14.4. The lowest BCUT2D eigenvalue weighted by Crippen LogP contribution is -2.41. The average Bonchev–Trinajstić information content (AvgIpc) is 3.24. The van der Waals surface area contributed by atoms with Crippen LogP contribution in [0.15, 0.2) is 64.3 Å². The van der Waals surface area contributed by atoms with Crippen molar-refractivity contribution in [2.45, 2.75) is 13.1 Å². The van der Waals surface area contributed by atoms with Gasteiger partial charge in [-0.15, -0.1) is 0 Å². The van der Waals surface area contributed by atoms with Crippen LogP contribution in [-0.4, -0.2) is 20.9 Å². The van der Waals surface area contributed by atoms with Crippen LogP contribution in [0.4, 0.5) is 4.39 Å². The third-order valence-corrected chi connectivity index (χ3v) is 5.50. The summed E-state index contributed by atoms with van der Waals surface area (Å²) in [4.78, 5) is 30.6. The molecule has 0 amide bonds. The van der Waals surface area contributed by atoms with Crippen molar-refractivity contribution >= 4 is 22.6 Å². The molecule has 0 N–H and O–H groups in total. The molecular weight excluding hydrogens is 425 g/mol. The first-order valence-electron chi connectivity index (χ1n) is 9.42. The van der Waals surface area contributed by atoms with Crippen LogP contribution >= 0.6 is 11.6 Å². The number of nitrogens with zero attached hydrogens (tertiary/aromatic N) is 3. The largest absolute Gasteiger partial charge is 0.454 e. The van der Waals surface area contributed by atoms with Gasteiger partial charge >= 0.3 is 5.69 Å². The fourth-order valence-electron chi connectivity index (χ4n) is 3.60. The number of pyridine rings is 1. The van der Waals surface area contributed by atoms with Crippen LogP contribution in [0.25, 0.3) is 11.0 Å². The first-order valence-corrected chi connectivity index (χ1v) is 9.80. The van der Waals surface area contributed by atoms with E-state index in [0.717, 1.165) is 4.57 Å². The standard InChI is InChI=1S/C22H15ClFN3O4/c23-15-3-1-4-16(24)14(15)11-26-17-5-2-8-25-20(17)21(28)27(22(26)29)10-13-6-7-18-19(9-13)31-12-30-18/h1-9H,10-12H2. The normalized spacial score (nSPS) is 12.5. The molecule has 4 aromatic rings. The van der Waals surface area contributed by atoms with Crippen molar-refractivity contribution in [1.29, 1.82) is 0 Å². The van der Waals surface area contributed by atoms with E-state index >= 15 is 0 Å². The number of benzene rings is 2. The first kappa shape index (κ1) is 19.3. The van der Waals surface area contributed by atoms with Crippen LogP contribution in [0.5, 0.6) is 11.5 Å². The summed E-state index contributed by atoms with van der Waals surface area (Å²) in [5.74, 6) is 0.607. The molecule has 0 bridgehead atoms. The summed E-state index contributed by atoms with van der Waals surface area (Å²) in [6, 6.07) is 12.7. The Bertz CT molecular complexity index is 1430. The maximum Gasteiger partial charge on any atom is 0.332 e. The Balaban J connectivity index is 1.67. The van der Waals surface area contributed by atoms with E-state index in [1.54, 1.807) is 36.4 Å². The Morgan fingerprint density at radius 3 is 2.68 bits per heavy atom. The Hall–Kier alpha value is -3.65. The zero-order chi connectivity index (χ0) is 21.5. The highest BCUT2D eigenvalue weighted by Crippen LogP contribution is 2.32. The van der Waals surface area contributed by atoms with Gasteiger partial charge in [-0.1, -0.05) is 23.7 Å². The second-order valence-electron chi connectivity index (χ2n) is 7.02. The molecule has 1 aliphatic rings. The van der Waals surface area contributed by atoms with Crippen molar-refractivity contribution in [3.63, 3.8) is 0 Å². The van der Waals surface area contributed by atoms with E-state index in [1.807, 2.05) is 0 Å². The summed E-state index contributed by atoms with van der Waals surface area (Å²) >= 11 is 6.17. The Morgan fingerprint density at radius 2 is 1.84 bits per heavy atom. The number of hydrogen-bond donors (Lipinski definition) is 0. The van der Waals surface area contributed by atoms with Gasteiger partial charge in [0.1, 0.15) is 5.82 Å². The number of rotatable bonds is 4. The SMILES string of the molecule is O=c1c2ncccc2n(Cc2c(F)cccc2Cl)c(=O)n1Cc1ccc2c(c1)OCO2. The quantitative estimate of drug-likeness (QED) is 0.488. The number of halogens is 2. The molecule has 1 aliphatic heterocycles. The molecule has 7 nitrogen and oxygen atoms in total. The van der Waals surface area contributed by atoms with Crippen LogP contribution in [0, 0.1) is 5.82 Å². The predicted octanol–water partition coefficient (Wildman–Crippen LogP) is 3.18. The van der Waals surface area contributed by atoms with Gasteiger partial charge in [0.25, 0.3) is 5.56 Å². The van der Waals surface area contributed by atoms with E-state index in [2.05, 4.69) is 4.98 Å². The molecule has 0 saturated carbocycles. The van der Waals surface area contributed by atoms with Crippen molar-refractivity contribution < 1.29 is 13.9 Å². The van der Waals surface area contributed by atoms with Crippen molar-refractivity contribution in [3.8, 4) is 11.5 Å². The lowest BCUT2D eigenvalue weighted by atomic mass is 10.2. The number of aromatic nitrogens is 3. The molecule has 156 valence electrons. The Morgan fingerprint density at radius 1 is 1.00 bits per heavy atom. The molecular formula is C22H15ClFN3O4. The van der Waals surface area contributed by atoms with Crippen LogP contribution in [-0.2, 0) is 13.1 Å². The molecule has 31 heavy (non-hydrogen) atoms. The lowest BCUT2D eigenvalue weighted by Gasteiger charge is -2.15. The van der Waals surface area contributed by atoms with Crippen molar-refractivity contribution in [3.05, 3.63) is 97.5 Å². The third kappa shape index (κ3) is 3.34. The van der Waals surface area contributed by atoms with E-state index in [0.29, 0.717) is 22.6 Å². The van der Waals surface area contributed by atoms with Crippen LogP contribution in [0.3, 0.4) is 0 Å². The zero-order valence-electron chi connectivity index (χ0n) is 16.0. The molecule has 0 atom stereocenters. The molecule has 0 unspecified atom stereocenters. The summed E-state index contributed by atoms with van der Waals surface area (Å²) in [7, 11) is 0. The van der Waals surface area contributed by atoms with E-state index < -0.39 is 17.1 Å². The van der Waals surface area contributed by atoms with Crippen LogP contribution < -0.4 is 20.7 Å². The summed E-state index contributed by atoms with van der Waals surface area (Å²) in [6.45, 7) is -0.0331. The fourth-order valence-corrected chi connectivity index (χ4v) is 3.82. The van der Waals surface area contributed by atoms with Gasteiger partial charge in [0.15, 0.2) is 17.0 Å². The highest BCUT2D eigenvalue weighted by atomic mass is 35.5. The molecule has 3 heterocycles. The molecule has 2 aromatic carbocycles. The van der Waals surface area contributed by atoms with Gasteiger partial charge in [-0.05, 0) is 42.0 Å². The molecule has 0 spiro atoms. The van der Waals surface area contributed by atoms with E-state index in [-0.39, 0.29) is 36.0 Å². The highest BCUT2D eigenvalue weighted by molar-refractivity contribution is 6.31. The van der Waals surface area contributed by atoms with Crippen molar-refractivity contribution in [2.75, 3.05) is 6.79 Å². The molecule has 0 fully saturated rings. The average molecular weight is 440 g/mol. The van der Waals surface area contributed by atoms with Gasteiger partial charge in [-0.2, -0.15) is 0 Å². The molecule has 5 rings (SSSR count). The molecule has 0 saturated heterocycles. The zero-order valence-corrected chi connectivity index (χ0v) is 16.8. The minimum absolute atomic E-state index is 0.00811. The molecule has 0 radical (unpaired) electrons. The summed E-state index contributed by atoms with van der Waals surface area (Å²) in [6.07, 6.45) is 1.47. The first-order chi connectivity index (χ1) is 15.0. The molecule has 2 aromatic heterocycles. The van der Waals surface area contributed by atoms with Gasteiger partial charge in [-0.3, -0.25) is 13.9 Å². The van der Waals surface area contributed by atoms with Gasteiger partial charge in [0.2, 0.25) is 6.79 Å². The van der Waals surface area contributed by atoms with Gasteiger partial charge in [-0.25, -0.2) is 14.2 Å². The monoisotopic (exact) mass is 439 g/mol. The number of fused-ring (bicyclic) bond motifs is 2. The number of ether oxygens (including phenoxy) is 2. The van der Waals surface area contributed by atoms with E-state index in [1.165, 1.54) is 22.9 Å². The third-order valence-electron chi connectivity index (χ3n) is 5.14. The molecule has 9 heteroatoms. The minimum atomic E-state index is -0.595. The minimum Gasteiger partial charge on any atom is -0.454 e. The smallest absolute Gasteiger partial charge is 0.332 e. The summed E-state index contributed by atoms with van der Waals surface area (Å²) in [5, 5.41) is 0.192. The van der Waals surface area contributed by atoms with Gasteiger partial charge in [0.05, 0.1) is 18.6 Å². The molecule has 0 aliphatic carbocycles. The second kappa shape index (κ2) is 7.55. The summed E-state index contributed by atoms with van der Waals surface area (Å²) < 4.78 is 27.5. The summed E-state index contributed by atoms with van der Waals surface area (Å²) in [5.41, 5.74) is 0.115. The fraction of sp³-hybridized carbons (Fsp3) is 0.136. The second-order valence-corrected chi connectivity index (χ2v) is 7.43. The Labute approximate surface area is 179 Å². The highest BCUT2D eigenvalue weighted by Gasteiger charge is 2.18. The van der Waals surface area contributed by atoms with Crippen LogP contribution in [0.2, 0.25) is 5.02 Å². The Kier molecular flexibility index (Phi) is 4.71. The van der Waals surface area contributed by atoms with Crippen LogP contribution in [0.1, 0.15) is 11.1 Å². The lowest BCUT2D eigenvalue weighted by molar-refractivity contribution is 0.174.